The molecule has 1 aliphatic heterocycles. The first-order valence-corrected chi connectivity index (χ1v) is 6.23. The van der Waals surface area contributed by atoms with Crippen molar-refractivity contribution in [2.45, 2.75) is 45.8 Å². The van der Waals surface area contributed by atoms with E-state index in [1.807, 2.05) is 27.7 Å². The summed E-state index contributed by atoms with van der Waals surface area (Å²) in [6.07, 6.45) is 0. The molecule has 0 bridgehead atoms. The molecule has 0 amide bonds. The number of pyridine rings is 1. The standard InChI is InChI=1S/C13H18BNO4/c1-8(16)9-6-10(15-11(17)7-9)14-18-12(2,3)13(4,5)19-14/h6-7H,1-5H3,(H,15,17). The van der Waals surface area contributed by atoms with Crippen LogP contribution < -0.4 is 11.2 Å². The van der Waals surface area contributed by atoms with Crippen molar-refractivity contribution in [3.63, 3.8) is 0 Å². The predicted molar refractivity (Wildman–Crippen MR) is 72.8 cm³/mol. The second kappa shape index (κ2) is 4.32. The molecule has 1 saturated heterocycles. The van der Waals surface area contributed by atoms with E-state index in [1.54, 1.807) is 6.07 Å². The number of H-pyrrole nitrogens is 1. The SMILES string of the molecule is CC(=O)c1cc(B2OC(C)(C)C(C)(C)O2)[nH]c(=O)c1. The zero-order valence-corrected chi connectivity index (χ0v) is 11.9. The largest absolute Gasteiger partial charge is 0.512 e. The van der Waals surface area contributed by atoms with Crippen LogP contribution in [0, 0.1) is 0 Å². The van der Waals surface area contributed by atoms with E-state index in [9.17, 15) is 9.59 Å². The van der Waals surface area contributed by atoms with Crippen LogP contribution in [-0.4, -0.2) is 29.1 Å². The molecule has 102 valence electrons. The number of hydrogen-bond donors (Lipinski definition) is 1. The quantitative estimate of drug-likeness (QED) is 0.635. The van der Waals surface area contributed by atoms with Crippen molar-refractivity contribution in [3.05, 3.63) is 28.0 Å². The van der Waals surface area contributed by atoms with E-state index in [4.69, 9.17) is 9.31 Å². The van der Waals surface area contributed by atoms with Gasteiger partial charge in [0.15, 0.2) is 5.78 Å². The summed E-state index contributed by atoms with van der Waals surface area (Å²) >= 11 is 0. The molecule has 1 aromatic rings. The Morgan fingerprint density at radius 1 is 1.16 bits per heavy atom. The van der Waals surface area contributed by atoms with E-state index in [0.29, 0.717) is 11.2 Å². The summed E-state index contributed by atoms with van der Waals surface area (Å²) < 4.78 is 11.7. The maximum absolute atomic E-state index is 11.6. The highest BCUT2D eigenvalue weighted by atomic mass is 16.7. The third-order valence-corrected chi connectivity index (χ3v) is 3.78. The van der Waals surface area contributed by atoms with Gasteiger partial charge in [0.2, 0.25) is 5.56 Å². The average molecular weight is 263 g/mol. The molecular weight excluding hydrogens is 245 g/mol. The van der Waals surface area contributed by atoms with Crippen molar-refractivity contribution < 1.29 is 14.1 Å². The van der Waals surface area contributed by atoms with E-state index in [-0.39, 0.29) is 11.3 Å². The monoisotopic (exact) mass is 263 g/mol. The van der Waals surface area contributed by atoms with Gasteiger partial charge >= 0.3 is 7.12 Å². The van der Waals surface area contributed by atoms with Gasteiger partial charge in [-0.3, -0.25) is 9.59 Å². The van der Waals surface area contributed by atoms with Crippen molar-refractivity contribution in [2.75, 3.05) is 0 Å². The molecule has 1 aromatic heterocycles. The van der Waals surface area contributed by atoms with Gasteiger partial charge in [-0.15, -0.1) is 0 Å². The van der Waals surface area contributed by atoms with Gasteiger partial charge in [0.05, 0.1) is 11.2 Å². The number of nitrogens with one attached hydrogen (secondary N) is 1. The van der Waals surface area contributed by atoms with Crippen LogP contribution in [-0.2, 0) is 9.31 Å². The molecule has 0 atom stereocenters. The van der Waals surface area contributed by atoms with E-state index in [0.717, 1.165) is 0 Å². The highest BCUT2D eigenvalue weighted by Gasteiger charge is 2.52. The molecule has 0 aromatic carbocycles. The fourth-order valence-electron chi connectivity index (χ4n) is 1.87. The molecule has 2 rings (SSSR count). The van der Waals surface area contributed by atoms with Gasteiger partial charge < -0.3 is 14.3 Å². The summed E-state index contributed by atoms with van der Waals surface area (Å²) in [6.45, 7) is 9.14. The number of carbonyl (C=O) groups excluding carboxylic acids is 1. The van der Waals surface area contributed by atoms with E-state index < -0.39 is 18.3 Å². The zero-order chi connectivity index (χ0) is 14.4. The number of aromatic nitrogens is 1. The number of rotatable bonds is 2. The minimum atomic E-state index is -0.669. The lowest BCUT2D eigenvalue weighted by molar-refractivity contribution is 0.00578. The molecule has 0 aliphatic carbocycles. The van der Waals surface area contributed by atoms with Gasteiger partial charge in [0.25, 0.3) is 0 Å². The summed E-state index contributed by atoms with van der Waals surface area (Å²) in [7, 11) is -0.669. The Morgan fingerprint density at radius 3 is 2.16 bits per heavy atom. The molecule has 1 fully saturated rings. The van der Waals surface area contributed by atoms with Gasteiger partial charge in [0.1, 0.15) is 0 Å². The van der Waals surface area contributed by atoms with Crippen LogP contribution in [0.5, 0.6) is 0 Å². The lowest BCUT2D eigenvalue weighted by Crippen LogP contribution is -2.41. The van der Waals surface area contributed by atoms with Crippen molar-refractivity contribution in [1.29, 1.82) is 0 Å². The Morgan fingerprint density at radius 2 is 1.68 bits per heavy atom. The predicted octanol–water partition coefficient (Wildman–Crippen LogP) is 0.877. The van der Waals surface area contributed by atoms with E-state index in [1.165, 1.54) is 13.0 Å². The second-order valence-corrected chi connectivity index (χ2v) is 5.83. The van der Waals surface area contributed by atoms with E-state index >= 15 is 0 Å². The maximum atomic E-state index is 11.6. The fourth-order valence-corrected chi connectivity index (χ4v) is 1.87. The van der Waals surface area contributed by atoms with Crippen LogP contribution in [0.2, 0.25) is 0 Å². The summed E-state index contributed by atoms with van der Waals surface area (Å²) in [5.41, 5.74) is -0.482. The van der Waals surface area contributed by atoms with Gasteiger partial charge in [-0.2, -0.15) is 0 Å². The molecule has 0 unspecified atom stereocenters. The number of Topliss-reactive ketones (excluding diaryl/α,β-unsaturated/α-hetero) is 1. The van der Waals surface area contributed by atoms with Crippen molar-refractivity contribution in [2.24, 2.45) is 0 Å². The number of hydrogen-bond acceptors (Lipinski definition) is 4. The third kappa shape index (κ3) is 2.50. The molecular formula is C13H18BNO4. The van der Waals surface area contributed by atoms with Crippen molar-refractivity contribution in [1.82, 2.24) is 4.98 Å². The van der Waals surface area contributed by atoms with Crippen LogP contribution in [0.3, 0.4) is 0 Å². The summed E-state index contributed by atoms with van der Waals surface area (Å²) in [6, 6.07) is 2.88. The molecule has 0 saturated carbocycles. The van der Waals surface area contributed by atoms with Crippen LogP contribution in [0.4, 0.5) is 0 Å². The van der Waals surface area contributed by atoms with Gasteiger partial charge in [0, 0.05) is 17.2 Å². The number of aromatic amines is 1. The first-order chi connectivity index (χ1) is 8.62. The minimum absolute atomic E-state index is 0.163. The fraction of sp³-hybridized carbons (Fsp3) is 0.538. The molecule has 5 nitrogen and oxygen atoms in total. The van der Waals surface area contributed by atoms with E-state index in [2.05, 4.69) is 4.98 Å². The summed E-state index contributed by atoms with van der Waals surface area (Å²) in [5, 5.41) is 0. The third-order valence-electron chi connectivity index (χ3n) is 3.78. The molecule has 2 heterocycles. The topological polar surface area (TPSA) is 68.4 Å². The average Bonchev–Trinajstić information content (AvgIpc) is 2.47. The highest BCUT2D eigenvalue weighted by molar-refractivity contribution is 6.61. The molecule has 1 N–H and O–H groups in total. The Labute approximate surface area is 112 Å². The summed E-state index contributed by atoms with van der Waals surface area (Å²) in [4.78, 5) is 25.6. The molecule has 19 heavy (non-hydrogen) atoms. The van der Waals surface area contributed by atoms with Crippen LogP contribution in [0.1, 0.15) is 45.0 Å². The smallest absolute Gasteiger partial charge is 0.398 e. The van der Waals surface area contributed by atoms with Gasteiger partial charge in [-0.1, -0.05) is 0 Å². The van der Waals surface area contributed by atoms with Crippen molar-refractivity contribution in [3.8, 4) is 0 Å². The number of ketones is 1. The van der Waals surface area contributed by atoms with Gasteiger partial charge in [-0.05, 0) is 40.7 Å². The maximum Gasteiger partial charge on any atom is 0.512 e. The normalized spacial score (nSPS) is 20.6. The molecule has 1 aliphatic rings. The lowest BCUT2D eigenvalue weighted by Gasteiger charge is -2.32. The lowest BCUT2D eigenvalue weighted by atomic mass is 9.83. The highest BCUT2D eigenvalue weighted by Crippen LogP contribution is 2.36. The van der Waals surface area contributed by atoms with Crippen LogP contribution in [0.15, 0.2) is 16.9 Å². The minimum Gasteiger partial charge on any atom is -0.398 e. The zero-order valence-electron chi connectivity index (χ0n) is 11.9. The Bertz CT molecular complexity index is 560. The summed E-state index contributed by atoms with van der Waals surface area (Å²) in [5.74, 6) is -0.163. The van der Waals surface area contributed by atoms with Crippen LogP contribution >= 0.6 is 0 Å². The molecule has 6 heteroatoms. The van der Waals surface area contributed by atoms with Gasteiger partial charge in [-0.25, -0.2) is 0 Å². The molecule has 0 spiro atoms. The molecule has 0 radical (unpaired) electrons. The first-order valence-electron chi connectivity index (χ1n) is 6.23. The van der Waals surface area contributed by atoms with Crippen molar-refractivity contribution >= 4 is 18.5 Å². The second-order valence-electron chi connectivity index (χ2n) is 5.83. The Kier molecular flexibility index (Phi) is 3.19. The first kappa shape index (κ1) is 14.0. The Hall–Kier alpha value is -1.40. The van der Waals surface area contributed by atoms with Crippen LogP contribution in [0.25, 0.3) is 0 Å². The Balaban J connectivity index is 2.40. The number of carbonyl (C=O) groups is 1.